The number of hydrogen-bond acceptors (Lipinski definition) is 5. The largest absolute Gasteiger partial charge is 0.481 e. The molecular formula is C15H14BrClN2O5S2. The topological polar surface area (TPSA) is 104 Å². The van der Waals surface area contributed by atoms with Crippen molar-refractivity contribution in [1.82, 2.24) is 0 Å². The molecular weight excluding hydrogens is 468 g/mol. The molecule has 2 fully saturated rings. The zero-order valence-corrected chi connectivity index (χ0v) is 17.2. The van der Waals surface area contributed by atoms with Gasteiger partial charge in [-0.15, -0.1) is 0 Å². The molecule has 1 aromatic rings. The van der Waals surface area contributed by atoms with Crippen molar-refractivity contribution in [1.29, 1.82) is 0 Å². The monoisotopic (exact) mass is 480 g/mol. The second kappa shape index (κ2) is 7.49. The van der Waals surface area contributed by atoms with Crippen LogP contribution in [0.3, 0.4) is 0 Å². The zero-order valence-electron chi connectivity index (χ0n) is 13.3. The van der Waals surface area contributed by atoms with E-state index in [9.17, 15) is 18.0 Å². The van der Waals surface area contributed by atoms with E-state index in [4.69, 9.17) is 16.7 Å². The Kier molecular flexibility index (Phi) is 5.66. The molecule has 0 bridgehead atoms. The lowest BCUT2D eigenvalue weighted by Gasteiger charge is -2.25. The molecule has 0 unspecified atom stereocenters. The molecule has 2 saturated heterocycles. The smallest absolute Gasteiger partial charge is 0.303 e. The van der Waals surface area contributed by atoms with Gasteiger partial charge in [-0.25, -0.2) is 8.42 Å². The van der Waals surface area contributed by atoms with Gasteiger partial charge < -0.3 is 10.0 Å². The van der Waals surface area contributed by atoms with Crippen LogP contribution in [0.4, 0.5) is 5.69 Å². The van der Waals surface area contributed by atoms with Crippen LogP contribution in [-0.2, 0) is 19.4 Å². The summed E-state index contributed by atoms with van der Waals surface area (Å²) >= 11 is 10.9. The van der Waals surface area contributed by atoms with E-state index in [-0.39, 0.29) is 35.6 Å². The van der Waals surface area contributed by atoms with Gasteiger partial charge in [-0.1, -0.05) is 39.3 Å². The van der Waals surface area contributed by atoms with Crippen molar-refractivity contribution in [2.24, 2.45) is 4.99 Å². The van der Waals surface area contributed by atoms with E-state index in [1.54, 1.807) is 23.1 Å². The predicted molar refractivity (Wildman–Crippen MR) is 105 cm³/mol. The Bertz CT molecular complexity index is 905. The van der Waals surface area contributed by atoms with Crippen molar-refractivity contribution in [3.63, 3.8) is 0 Å². The number of amides is 1. The minimum Gasteiger partial charge on any atom is -0.481 e. The first-order valence-electron chi connectivity index (χ1n) is 7.61. The van der Waals surface area contributed by atoms with E-state index >= 15 is 0 Å². The van der Waals surface area contributed by atoms with Crippen LogP contribution in [0.15, 0.2) is 27.7 Å². The van der Waals surface area contributed by atoms with Crippen LogP contribution in [0.25, 0.3) is 0 Å². The van der Waals surface area contributed by atoms with Crippen molar-refractivity contribution in [2.45, 2.75) is 24.1 Å². The first-order chi connectivity index (χ1) is 12.2. The molecule has 0 aliphatic carbocycles. The number of anilines is 1. The van der Waals surface area contributed by atoms with Gasteiger partial charge in [0.25, 0.3) is 0 Å². The van der Waals surface area contributed by atoms with Crippen LogP contribution in [-0.4, -0.2) is 53.4 Å². The number of fused-ring (bicyclic) bond motifs is 1. The highest BCUT2D eigenvalue weighted by Gasteiger charge is 2.49. The predicted octanol–water partition coefficient (Wildman–Crippen LogP) is 2.57. The Morgan fingerprint density at radius 3 is 2.73 bits per heavy atom. The van der Waals surface area contributed by atoms with Crippen molar-refractivity contribution >= 4 is 71.9 Å². The summed E-state index contributed by atoms with van der Waals surface area (Å²) in [5.74, 6) is -1.67. The highest BCUT2D eigenvalue weighted by molar-refractivity contribution is 9.10. The Labute approximate surface area is 167 Å². The molecule has 1 amide bonds. The van der Waals surface area contributed by atoms with E-state index in [2.05, 4.69) is 20.9 Å². The van der Waals surface area contributed by atoms with Gasteiger partial charge in [-0.05, 0) is 18.2 Å². The number of carbonyl (C=O) groups is 2. The molecule has 1 aromatic carbocycles. The maximum absolute atomic E-state index is 12.0. The minimum atomic E-state index is -3.17. The number of rotatable bonds is 4. The quantitative estimate of drug-likeness (QED) is 0.705. The SMILES string of the molecule is O=C(O)CCC(=O)N=C1S[C@@H]2CS(=O)(=O)C[C@H]2N1c1ccc(Br)cc1Cl. The summed E-state index contributed by atoms with van der Waals surface area (Å²) in [6, 6.07) is 4.82. The third-order valence-corrected chi connectivity index (χ3v) is 8.01. The van der Waals surface area contributed by atoms with Crippen molar-refractivity contribution in [3.05, 3.63) is 27.7 Å². The van der Waals surface area contributed by atoms with Crippen LogP contribution in [0.1, 0.15) is 12.8 Å². The summed E-state index contributed by atoms with van der Waals surface area (Å²) in [5.41, 5.74) is 0.566. The molecule has 7 nitrogen and oxygen atoms in total. The average molecular weight is 482 g/mol. The Morgan fingerprint density at radius 2 is 2.08 bits per heavy atom. The van der Waals surface area contributed by atoms with Gasteiger partial charge in [0.2, 0.25) is 5.91 Å². The molecule has 0 spiro atoms. The fourth-order valence-corrected chi connectivity index (χ4v) is 7.59. The number of sulfone groups is 1. The maximum atomic E-state index is 12.0. The molecule has 2 heterocycles. The van der Waals surface area contributed by atoms with Crippen LogP contribution >= 0.6 is 39.3 Å². The van der Waals surface area contributed by atoms with E-state index in [1.807, 2.05) is 0 Å². The summed E-state index contributed by atoms with van der Waals surface area (Å²) in [7, 11) is -3.17. The number of aliphatic carboxylic acids is 1. The van der Waals surface area contributed by atoms with Crippen LogP contribution in [0.2, 0.25) is 5.02 Å². The number of halogens is 2. The van der Waals surface area contributed by atoms with Gasteiger partial charge in [0.1, 0.15) is 0 Å². The van der Waals surface area contributed by atoms with Crippen LogP contribution in [0.5, 0.6) is 0 Å². The summed E-state index contributed by atoms with van der Waals surface area (Å²) in [6.45, 7) is 0. The number of carboxylic acid groups (broad SMARTS) is 1. The first kappa shape index (κ1) is 19.7. The second-order valence-corrected chi connectivity index (χ2v) is 10.6. The van der Waals surface area contributed by atoms with Crippen molar-refractivity contribution in [2.75, 3.05) is 16.4 Å². The van der Waals surface area contributed by atoms with E-state index < -0.39 is 21.7 Å². The minimum absolute atomic E-state index is 0.00924. The number of hydrogen-bond donors (Lipinski definition) is 1. The summed E-state index contributed by atoms with van der Waals surface area (Å²) in [5, 5.41) is 9.21. The maximum Gasteiger partial charge on any atom is 0.303 e. The lowest BCUT2D eigenvalue weighted by atomic mass is 10.2. The van der Waals surface area contributed by atoms with Crippen LogP contribution < -0.4 is 4.90 Å². The van der Waals surface area contributed by atoms with Crippen LogP contribution in [0, 0.1) is 0 Å². The first-order valence-corrected chi connectivity index (χ1v) is 11.5. The zero-order chi connectivity index (χ0) is 19.1. The Morgan fingerprint density at radius 1 is 1.35 bits per heavy atom. The fourth-order valence-electron chi connectivity index (χ4n) is 2.90. The number of benzene rings is 1. The lowest BCUT2D eigenvalue weighted by Crippen LogP contribution is -2.38. The molecule has 11 heteroatoms. The van der Waals surface area contributed by atoms with Gasteiger partial charge in [0, 0.05) is 16.1 Å². The van der Waals surface area contributed by atoms with E-state index in [1.165, 1.54) is 11.8 Å². The van der Waals surface area contributed by atoms with Gasteiger partial charge in [0.15, 0.2) is 15.0 Å². The fraction of sp³-hybridized carbons (Fsp3) is 0.400. The number of amidine groups is 1. The molecule has 2 aliphatic rings. The number of carbonyl (C=O) groups excluding carboxylic acids is 1. The van der Waals surface area contributed by atoms with Crippen molar-refractivity contribution in [3.8, 4) is 0 Å². The van der Waals surface area contributed by atoms with Gasteiger partial charge in [0.05, 0.1) is 34.7 Å². The number of nitrogens with zero attached hydrogens (tertiary/aromatic N) is 2. The standard InChI is InChI=1S/C15H14BrClN2O5S2/c16-8-1-2-10(9(17)5-8)19-11-6-26(23,24)7-12(11)25-15(19)18-13(20)3-4-14(21)22/h1-2,5,11-12H,3-4,6-7H2,(H,21,22)/t11-,12-/m1/s1. The van der Waals surface area contributed by atoms with E-state index in [0.29, 0.717) is 15.9 Å². The highest BCUT2D eigenvalue weighted by Crippen LogP contribution is 2.43. The third-order valence-electron chi connectivity index (χ3n) is 4.01. The summed E-state index contributed by atoms with van der Waals surface area (Å²) in [4.78, 5) is 28.4. The Hall–Kier alpha value is -1.10. The normalized spacial score (nSPS) is 25.5. The van der Waals surface area contributed by atoms with Gasteiger partial charge in [-0.3, -0.25) is 9.59 Å². The summed E-state index contributed by atoms with van der Waals surface area (Å²) < 4.78 is 24.8. The highest BCUT2D eigenvalue weighted by atomic mass is 79.9. The molecule has 0 radical (unpaired) electrons. The molecule has 1 N–H and O–H groups in total. The summed E-state index contributed by atoms with van der Waals surface area (Å²) in [6.07, 6.45) is -0.518. The number of thioether (sulfide) groups is 1. The molecule has 0 aromatic heterocycles. The third kappa shape index (κ3) is 4.24. The molecule has 0 saturated carbocycles. The van der Waals surface area contributed by atoms with Gasteiger partial charge >= 0.3 is 5.97 Å². The van der Waals surface area contributed by atoms with Gasteiger partial charge in [-0.2, -0.15) is 4.99 Å². The Balaban J connectivity index is 1.96. The van der Waals surface area contributed by atoms with Crippen molar-refractivity contribution < 1.29 is 23.1 Å². The molecule has 3 rings (SSSR count). The number of carboxylic acids is 1. The molecule has 140 valence electrons. The molecule has 26 heavy (non-hydrogen) atoms. The lowest BCUT2D eigenvalue weighted by molar-refractivity contribution is -0.138. The average Bonchev–Trinajstić information content (AvgIpc) is 2.97. The molecule has 2 atom stereocenters. The second-order valence-electron chi connectivity index (χ2n) is 5.95. The van der Waals surface area contributed by atoms with E-state index in [0.717, 1.165) is 4.47 Å². The molecule has 2 aliphatic heterocycles. The number of aliphatic imine (C=N–C) groups is 1.